The molecular formula is C16H22N2O2S. The van der Waals surface area contributed by atoms with E-state index in [1.807, 2.05) is 11.4 Å². The van der Waals surface area contributed by atoms with Crippen molar-refractivity contribution in [1.29, 1.82) is 0 Å². The third-order valence-electron chi connectivity index (χ3n) is 3.82. The number of nitrogens with one attached hydrogen (secondary N) is 1. The van der Waals surface area contributed by atoms with Crippen molar-refractivity contribution in [2.75, 3.05) is 26.7 Å². The summed E-state index contributed by atoms with van der Waals surface area (Å²) >= 11 is 1.67. The molecule has 1 saturated heterocycles. The number of thiophene rings is 1. The van der Waals surface area contributed by atoms with Crippen molar-refractivity contribution >= 4 is 17.3 Å². The van der Waals surface area contributed by atoms with Crippen LogP contribution >= 0.6 is 11.3 Å². The molecule has 1 aromatic rings. The van der Waals surface area contributed by atoms with Gasteiger partial charge in [-0.3, -0.25) is 9.69 Å². The molecule has 0 saturated carbocycles. The van der Waals surface area contributed by atoms with E-state index in [0.29, 0.717) is 12.5 Å². The van der Waals surface area contributed by atoms with Crippen molar-refractivity contribution in [2.24, 2.45) is 0 Å². The van der Waals surface area contributed by atoms with Crippen molar-refractivity contribution in [3.63, 3.8) is 0 Å². The Hall–Kier alpha value is -1.35. The predicted molar refractivity (Wildman–Crippen MR) is 85.1 cm³/mol. The summed E-state index contributed by atoms with van der Waals surface area (Å²) in [6.45, 7) is 2.75. The Bertz CT molecular complexity index is 473. The van der Waals surface area contributed by atoms with E-state index in [9.17, 15) is 4.79 Å². The maximum Gasteiger partial charge on any atom is 0.307 e. The summed E-state index contributed by atoms with van der Waals surface area (Å²) in [4.78, 5) is 15.1. The second-order valence-corrected chi connectivity index (χ2v) is 6.25. The van der Waals surface area contributed by atoms with Gasteiger partial charge in [0.1, 0.15) is 0 Å². The van der Waals surface area contributed by atoms with Crippen LogP contribution in [0.2, 0.25) is 0 Å². The Balaban J connectivity index is 1.91. The van der Waals surface area contributed by atoms with Crippen LogP contribution in [-0.4, -0.2) is 43.7 Å². The number of likely N-dealkylation sites (tertiary alicyclic amines) is 1. The normalized spacial score (nSPS) is 18.1. The first kappa shape index (κ1) is 16.0. The Morgan fingerprint density at radius 1 is 1.62 bits per heavy atom. The maximum atomic E-state index is 11.6. The highest BCUT2D eigenvalue weighted by Gasteiger charge is 2.24. The summed E-state index contributed by atoms with van der Waals surface area (Å²) in [5.74, 6) is 2.52. The molecule has 0 amide bonds. The summed E-state index contributed by atoms with van der Waals surface area (Å²) in [5.41, 5.74) is 0. The molecular weight excluding hydrogens is 284 g/mol. The fourth-order valence-corrected chi connectivity index (χ4v) is 3.44. The highest BCUT2D eigenvalue weighted by atomic mass is 32.1. The van der Waals surface area contributed by atoms with Crippen LogP contribution in [0.3, 0.4) is 0 Å². The quantitative estimate of drug-likeness (QED) is 0.645. The molecule has 0 aromatic carbocycles. The van der Waals surface area contributed by atoms with E-state index in [1.165, 1.54) is 12.0 Å². The molecule has 0 aliphatic carbocycles. The minimum atomic E-state index is -0.175. The lowest BCUT2D eigenvalue weighted by Crippen LogP contribution is -2.44. The van der Waals surface area contributed by atoms with Crippen LogP contribution < -0.4 is 5.32 Å². The minimum Gasteiger partial charge on any atom is -0.469 e. The van der Waals surface area contributed by atoms with Gasteiger partial charge in [-0.25, -0.2) is 0 Å². The lowest BCUT2D eigenvalue weighted by molar-refractivity contribution is -0.141. The summed E-state index contributed by atoms with van der Waals surface area (Å²) in [6.07, 6.45) is 7.85. The Morgan fingerprint density at radius 2 is 2.38 bits per heavy atom. The van der Waals surface area contributed by atoms with E-state index < -0.39 is 0 Å². The van der Waals surface area contributed by atoms with Crippen LogP contribution in [0.1, 0.15) is 30.2 Å². The summed E-state index contributed by atoms with van der Waals surface area (Å²) in [7, 11) is 1.44. The van der Waals surface area contributed by atoms with E-state index in [0.717, 1.165) is 32.5 Å². The molecule has 1 atom stereocenters. The Labute approximate surface area is 130 Å². The molecule has 1 aliphatic rings. The van der Waals surface area contributed by atoms with Gasteiger partial charge in [0.2, 0.25) is 0 Å². The van der Waals surface area contributed by atoms with Gasteiger partial charge in [0, 0.05) is 24.0 Å². The molecule has 0 radical (unpaired) electrons. The number of hydrogen-bond acceptors (Lipinski definition) is 5. The highest BCUT2D eigenvalue weighted by Crippen LogP contribution is 2.24. The second kappa shape index (κ2) is 8.18. The molecule has 1 unspecified atom stereocenters. The number of carbonyl (C=O) groups excluding carboxylic acids is 1. The molecule has 1 fully saturated rings. The first-order valence-electron chi connectivity index (χ1n) is 7.25. The maximum absolute atomic E-state index is 11.6. The zero-order valence-corrected chi connectivity index (χ0v) is 13.2. The van der Waals surface area contributed by atoms with E-state index in [4.69, 9.17) is 11.2 Å². The number of terminal acetylenes is 1. The largest absolute Gasteiger partial charge is 0.469 e. The Kier molecular flexibility index (Phi) is 6.24. The van der Waals surface area contributed by atoms with Gasteiger partial charge in [-0.15, -0.1) is 17.8 Å². The molecule has 21 heavy (non-hydrogen) atoms. The smallest absolute Gasteiger partial charge is 0.307 e. The van der Waals surface area contributed by atoms with Crippen molar-refractivity contribution in [3.8, 4) is 12.3 Å². The number of carbonyl (C=O) groups is 1. The lowest BCUT2D eigenvalue weighted by atomic mass is 10.0. The molecule has 0 bridgehead atoms. The van der Waals surface area contributed by atoms with E-state index in [2.05, 4.69) is 22.2 Å². The van der Waals surface area contributed by atoms with Gasteiger partial charge < -0.3 is 10.1 Å². The van der Waals surface area contributed by atoms with Gasteiger partial charge >= 0.3 is 5.97 Å². The number of rotatable bonds is 6. The Morgan fingerprint density at radius 3 is 2.95 bits per heavy atom. The molecule has 0 spiro atoms. The van der Waals surface area contributed by atoms with Gasteiger partial charge in [-0.1, -0.05) is 12.0 Å². The number of piperidine rings is 1. The summed E-state index contributed by atoms with van der Waals surface area (Å²) < 4.78 is 4.81. The molecule has 5 heteroatoms. The zero-order chi connectivity index (χ0) is 15.1. The van der Waals surface area contributed by atoms with Crippen LogP contribution in [0.5, 0.6) is 0 Å². The van der Waals surface area contributed by atoms with Crippen molar-refractivity contribution in [2.45, 2.75) is 31.3 Å². The average molecular weight is 306 g/mol. The first-order valence-corrected chi connectivity index (χ1v) is 8.13. The number of ether oxygens (including phenoxy) is 1. The minimum absolute atomic E-state index is 0.0432. The van der Waals surface area contributed by atoms with Crippen LogP contribution in [0, 0.1) is 12.3 Å². The van der Waals surface area contributed by atoms with Gasteiger partial charge in [0.05, 0.1) is 26.1 Å². The van der Waals surface area contributed by atoms with E-state index in [1.54, 1.807) is 11.3 Å². The predicted octanol–water partition coefficient (Wildman–Crippen LogP) is 2.04. The van der Waals surface area contributed by atoms with E-state index >= 15 is 0 Å². The van der Waals surface area contributed by atoms with Gasteiger partial charge in [-0.2, -0.15) is 0 Å². The molecule has 1 N–H and O–H groups in total. The van der Waals surface area contributed by atoms with Gasteiger partial charge in [-0.05, 0) is 24.3 Å². The fraction of sp³-hybridized carbons (Fsp3) is 0.562. The first-order chi connectivity index (χ1) is 10.2. The van der Waals surface area contributed by atoms with Gasteiger partial charge in [0.25, 0.3) is 0 Å². The third-order valence-corrected chi connectivity index (χ3v) is 4.81. The molecule has 2 rings (SSSR count). The van der Waals surface area contributed by atoms with Crippen LogP contribution in [0.25, 0.3) is 0 Å². The highest BCUT2D eigenvalue weighted by molar-refractivity contribution is 7.10. The lowest BCUT2D eigenvalue weighted by Gasteiger charge is -2.33. The fourth-order valence-electron chi connectivity index (χ4n) is 2.65. The average Bonchev–Trinajstić information content (AvgIpc) is 3.03. The van der Waals surface area contributed by atoms with Crippen molar-refractivity contribution < 1.29 is 9.53 Å². The van der Waals surface area contributed by atoms with Crippen molar-refractivity contribution in [3.05, 3.63) is 22.4 Å². The van der Waals surface area contributed by atoms with Crippen LogP contribution in [0.15, 0.2) is 17.5 Å². The molecule has 4 nitrogen and oxygen atoms in total. The topological polar surface area (TPSA) is 41.6 Å². The molecule has 2 heterocycles. The monoisotopic (exact) mass is 306 g/mol. The van der Waals surface area contributed by atoms with Crippen LogP contribution in [-0.2, 0) is 9.53 Å². The van der Waals surface area contributed by atoms with E-state index in [-0.39, 0.29) is 12.0 Å². The third kappa shape index (κ3) is 4.85. The SMILES string of the molecule is C#CCN1CCC(NC(CC(=O)OC)c2cccs2)CC1. The number of esters is 1. The summed E-state index contributed by atoms with van der Waals surface area (Å²) in [6, 6.07) is 4.55. The number of methoxy groups -OCH3 is 1. The van der Waals surface area contributed by atoms with Crippen LogP contribution in [0.4, 0.5) is 0 Å². The number of nitrogens with zero attached hydrogens (tertiary/aromatic N) is 1. The molecule has 1 aliphatic heterocycles. The summed E-state index contributed by atoms with van der Waals surface area (Å²) in [5, 5.41) is 5.66. The zero-order valence-electron chi connectivity index (χ0n) is 12.4. The van der Waals surface area contributed by atoms with Gasteiger partial charge in [0.15, 0.2) is 0 Å². The molecule has 114 valence electrons. The molecule has 1 aromatic heterocycles. The van der Waals surface area contributed by atoms with Crippen molar-refractivity contribution in [1.82, 2.24) is 10.2 Å². The number of hydrogen-bond donors (Lipinski definition) is 1. The second-order valence-electron chi connectivity index (χ2n) is 5.27. The standard InChI is InChI=1S/C16H22N2O2S/c1-3-8-18-9-6-13(7-10-18)17-14(12-16(19)20-2)15-5-4-11-21-15/h1,4-5,11,13-14,17H,6-10,12H2,2H3.